The van der Waals surface area contributed by atoms with Gasteiger partial charge in [-0.05, 0) is 41.5 Å². The van der Waals surface area contributed by atoms with E-state index >= 15 is 0 Å². The molecule has 0 aliphatic rings. The minimum absolute atomic E-state index is 0.250. The fraction of sp³-hybridized carbons (Fsp3) is 0.0556. The van der Waals surface area contributed by atoms with Gasteiger partial charge < -0.3 is 5.11 Å². The van der Waals surface area contributed by atoms with Gasteiger partial charge in [0.15, 0.2) is 0 Å². The Kier molecular flexibility index (Phi) is 3.21. The second-order valence-corrected chi connectivity index (χ2v) is 4.82. The summed E-state index contributed by atoms with van der Waals surface area (Å²) >= 11 is 0. The van der Waals surface area contributed by atoms with Crippen LogP contribution >= 0.6 is 0 Å². The largest absolute Gasteiger partial charge is 0.507 e. The van der Waals surface area contributed by atoms with Gasteiger partial charge in [0.25, 0.3) is 0 Å². The lowest BCUT2D eigenvalue weighted by Gasteiger charge is -2.04. The molecule has 0 saturated heterocycles. The van der Waals surface area contributed by atoms with E-state index in [2.05, 4.69) is 4.99 Å². The third-order valence-electron chi connectivity index (χ3n) is 3.29. The van der Waals surface area contributed by atoms with Crippen molar-refractivity contribution in [1.29, 1.82) is 0 Å². The smallest absolute Gasteiger partial charge is 0.124 e. The number of hydrogen-bond donors (Lipinski definition) is 1. The average Bonchev–Trinajstić information content (AvgIpc) is 2.46. The Labute approximate surface area is 118 Å². The summed E-state index contributed by atoms with van der Waals surface area (Å²) in [4.78, 5) is 4.46. The first-order chi connectivity index (χ1) is 9.74. The maximum Gasteiger partial charge on any atom is 0.124 e. The van der Waals surface area contributed by atoms with Crippen LogP contribution in [0.5, 0.6) is 5.75 Å². The minimum Gasteiger partial charge on any atom is -0.507 e. The molecular formula is C18H15NO. The Hall–Kier alpha value is -2.61. The molecule has 0 heterocycles. The van der Waals surface area contributed by atoms with Gasteiger partial charge in [0.2, 0.25) is 0 Å². The fourth-order valence-electron chi connectivity index (χ4n) is 2.27. The summed E-state index contributed by atoms with van der Waals surface area (Å²) in [5, 5.41) is 12.1. The molecular weight excluding hydrogens is 246 g/mol. The van der Waals surface area contributed by atoms with Crippen molar-refractivity contribution in [3.05, 3.63) is 71.8 Å². The van der Waals surface area contributed by atoms with Crippen LogP contribution in [0.15, 0.2) is 65.7 Å². The van der Waals surface area contributed by atoms with Crippen LogP contribution in [0.4, 0.5) is 5.69 Å². The summed E-state index contributed by atoms with van der Waals surface area (Å²) in [5.74, 6) is 0.250. The molecule has 3 aromatic carbocycles. The topological polar surface area (TPSA) is 32.6 Å². The standard InChI is InChI=1S/C18H15NO/c1-13-5-4-7-15(11-13)19-12-17-16-8-3-2-6-14(16)9-10-18(17)20/h2-12,20H,1H3/b19-12+. The van der Waals surface area contributed by atoms with Crippen LogP contribution < -0.4 is 0 Å². The number of phenolic OH excluding ortho intramolecular Hbond substituents is 1. The average molecular weight is 261 g/mol. The maximum atomic E-state index is 10.0. The third-order valence-corrected chi connectivity index (χ3v) is 3.29. The van der Waals surface area contributed by atoms with E-state index in [4.69, 9.17) is 0 Å². The summed E-state index contributed by atoms with van der Waals surface area (Å²) in [6.45, 7) is 2.04. The maximum absolute atomic E-state index is 10.0. The van der Waals surface area contributed by atoms with Gasteiger partial charge in [0.1, 0.15) is 5.75 Å². The van der Waals surface area contributed by atoms with Crippen LogP contribution in [0, 0.1) is 6.92 Å². The molecule has 0 unspecified atom stereocenters. The zero-order valence-electron chi connectivity index (χ0n) is 11.2. The molecule has 2 nitrogen and oxygen atoms in total. The van der Waals surface area contributed by atoms with Crippen LogP contribution in [-0.2, 0) is 0 Å². The summed E-state index contributed by atoms with van der Waals surface area (Å²) in [5.41, 5.74) is 2.81. The molecule has 0 aliphatic carbocycles. The molecule has 0 aromatic heterocycles. The lowest BCUT2D eigenvalue weighted by Crippen LogP contribution is -1.85. The molecule has 3 aromatic rings. The molecule has 98 valence electrons. The van der Waals surface area contributed by atoms with E-state index in [-0.39, 0.29) is 5.75 Å². The predicted molar refractivity (Wildman–Crippen MR) is 84.0 cm³/mol. The van der Waals surface area contributed by atoms with Gasteiger partial charge in [0, 0.05) is 11.8 Å². The van der Waals surface area contributed by atoms with E-state index in [9.17, 15) is 5.11 Å². The van der Waals surface area contributed by atoms with Gasteiger partial charge in [-0.2, -0.15) is 0 Å². The van der Waals surface area contributed by atoms with Crippen LogP contribution in [0.1, 0.15) is 11.1 Å². The zero-order chi connectivity index (χ0) is 13.9. The molecule has 0 aliphatic heterocycles. The molecule has 1 N–H and O–H groups in total. The van der Waals surface area contributed by atoms with Gasteiger partial charge in [-0.3, -0.25) is 4.99 Å². The number of benzene rings is 3. The first-order valence-corrected chi connectivity index (χ1v) is 6.55. The number of aryl methyl sites for hydroxylation is 1. The number of rotatable bonds is 2. The van der Waals surface area contributed by atoms with Gasteiger partial charge >= 0.3 is 0 Å². The van der Waals surface area contributed by atoms with Crippen LogP contribution in [0.3, 0.4) is 0 Å². The number of aliphatic imine (C=N–C) groups is 1. The Bertz CT molecular complexity index is 790. The van der Waals surface area contributed by atoms with E-state index in [0.717, 1.165) is 22.0 Å². The van der Waals surface area contributed by atoms with Gasteiger partial charge in [-0.25, -0.2) is 0 Å². The summed E-state index contributed by atoms with van der Waals surface area (Å²) < 4.78 is 0. The van der Waals surface area contributed by atoms with Crippen LogP contribution in [0.25, 0.3) is 10.8 Å². The second kappa shape index (κ2) is 5.17. The van der Waals surface area contributed by atoms with Crippen molar-refractivity contribution in [3.8, 4) is 5.75 Å². The van der Waals surface area contributed by atoms with E-state index in [0.29, 0.717) is 0 Å². The van der Waals surface area contributed by atoms with E-state index in [1.165, 1.54) is 5.56 Å². The van der Waals surface area contributed by atoms with Crippen LogP contribution in [-0.4, -0.2) is 11.3 Å². The molecule has 0 fully saturated rings. The van der Waals surface area contributed by atoms with Gasteiger partial charge in [0.05, 0.1) is 5.69 Å². The van der Waals surface area contributed by atoms with Crippen molar-refractivity contribution in [2.75, 3.05) is 0 Å². The number of phenols is 1. The molecule has 20 heavy (non-hydrogen) atoms. The Morgan fingerprint density at radius 2 is 1.80 bits per heavy atom. The highest BCUT2D eigenvalue weighted by molar-refractivity contribution is 6.02. The highest BCUT2D eigenvalue weighted by Crippen LogP contribution is 2.26. The molecule has 0 spiro atoms. The first kappa shape index (κ1) is 12.4. The Balaban J connectivity index is 2.08. The fourth-order valence-corrected chi connectivity index (χ4v) is 2.27. The lowest BCUT2D eigenvalue weighted by molar-refractivity contribution is 0.475. The summed E-state index contributed by atoms with van der Waals surface area (Å²) in [6, 6.07) is 19.6. The highest BCUT2D eigenvalue weighted by atomic mass is 16.3. The van der Waals surface area contributed by atoms with Crippen molar-refractivity contribution in [1.82, 2.24) is 0 Å². The molecule has 0 atom stereocenters. The predicted octanol–water partition coefficient (Wildman–Crippen LogP) is 4.60. The number of hydrogen-bond acceptors (Lipinski definition) is 2. The van der Waals surface area contributed by atoms with Crippen molar-refractivity contribution >= 4 is 22.7 Å². The zero-order valence-corrected chi connectivity index (χ0v) is 11.2. The monoisotopic (exact) mass is 261 g/mol. The highest BCUT2D eigenvalue weighted by Gasteiger charge is 2.04. The molecule has 0 radical (unpaired) electrons. The SMILES string of the molecule is Cc1cccc(/N=C/c2c(O)ccc3ccccc23)c1. The first-order valence-electron chi connectivity index (χ1n) is 6.55. The van der Waals surface area contributed by atoms with E-state index in [1.54, 1.807) is 12.3 Å². The van der Waals surface area contributed by atoms with Gasteiger partial charge in [-0.15, -0.1) is 0 Å². The normalized spacial score (nSPS) is 11.2. The van der Waals surface area contributed by atoms with E-state index < -0.39 is 0 Å². The molecule has 3 rings (SSSR count). The summed E-state index contributed by atoms with van der Waals surface area (Å²) in [6.07, 6.45) is 1.73. The Morgan fingerprint density at radius 1 is 0.950 bits per heavy atom. The molecule has 0 amide bonds. The van der Waals surface area contributed by atoms with Crippen LogP contribution in [0.2, 0.25) is 0 Å². The molecule has 2 heteroatoms. The number of nitrogens with zero attached hydrogens (tertiary/aromatic N) is 1. The van der Waals surface area contributed by atoms with Crippen molar-refractivity contribution in [3.63, 3.8) is 0 Å². The molecule has 0 saturated carbocycles. The van der Waals surface area contributed by atoms with Gasteiger partial charge in [-0.1, -0.05) is 42.5 Å². The van der Waals surface area contributed by atoms with Crippen molar-refractivity contribution in [2.45, 2.75) is 6.92 Å². The molecule has 0 bridgehead atoms. The quantitative estimate of drug-likeness (QED) is 0.671. The number of aromatic hydroxyl groups is 1. The van der Waals surface area contributed by atoms with Crippen molar-refractivity contribution < 1.29 is 5.11 Å². The number of fused-ring (bicyclic) bond motifs is 1. The van der Waals surface area contributed by atoms with E-state index in [1.807, 2.05) is 61.5 Å². The Morgan fingerprint density at radius 3 is 2.65 bits per heavy atom. The lowest BCUT2D eigenvalue weighted by atomic mass is 10.0. The third kappa shape index (κ3) is 2.41. The summed E-state index contributed by atoms with van der Waals surface area (Å²) in [7, 11) is 0. The minimum atomic E-state index is 0.250. The second-order valence-electron chi connectivity index (χ2n) is 4.82. The van der Waals surface area contributed by atoms with Crippen molar-refractivity contribution in [2.24, 2.45) is 4.99 Å².